The molecular formula is C12H16N2O6S. The van der Waals surface area contributed by atoms with Crippen LogP contribution >= 0.6 is 0 Å². The largest absolute Gasteiger partial charge is 0.480 e. The van der Waals surface area contributed by atoms with Gasteiger partial charge in [0.05, 0.1) is 9.82 Å². The number of non-ortho nitro benzene ring substituents is 1. The highest BCUT2D eigenvalue weighted by Crippen LogP contribution is 2.24. The van der Waals surface area contributed by atoms with Crippen molar-refractivity contribution < 1.29 is 23.2 Å². The lowest BCUT2D eigenvalue weighted by Crippen LogP contribution is -2.36. The van der Waals surface area contributed by atoms with E-state index in [4.69, 9.17) is 5.11 Å². The molecule has 0 amide bonds. The third-order valence-electron chi connectivity index (χ3n) is 2.77. The van der Waals surface area contributed by atoms with Crippen molar-refractivity contribution in [2.45, 2.75) is 25.2 Å². The maximum atomic E-state index is 12.5. The molecule has 9 heteroatoms. The summed E-state index contributed by atoms with van der Waals surface area (Å²) in [6.07, 6.45) is 0.457. The second kappa shape index (κ2) is 6.64. The molecule has 1 rings (SSSR count). The Labute approximate surface area is 122 Å². The van der Waals surface area contributed by atoms with Gasteiger partial charge in [-0.05, 0) is 25.0 Å². The van der Waals surface area contributed by atoms with Gasteiger partial charge in [-0.2, -0.15) is 4.31 Å². The lowest BCUT2D eigenvalue weighted by Gasteiger charge is -2.20. The Balaban J connectivity index is 3.27. The fraction of sp³-hybridized carbons (Fsp3) is 0.417. The number of aryl methyl sites for hydroxylation is 1. The standard InChI is InChI=1S/C12H16N2O6S/c1-3-6-13(8-12(15)16)21(19,20)11-5-4-10(14(17)18)7-9(11)2/h4-5,7H,3,6,8H2,1-2H3,(H,15,16). The quantitative estimate of drug-likeness (QED) is 0.600. The molecule has 1 aromatic rings. The molecule has 0 heterocycles. The van der Waals surface area contributed by atoms with Gasteiger partial charge in [-0.15, -0.1) is 0 Å². The summed E-state index contributed by atoms with van der Waals surface area (Å²) >= 11 is 0. The molecule has 116 valence electrons. The van der Waals surface area contributed by atoms with E-state index in [2.05, 4.69) is 0 Å². The van der Waals surface area contributed by atoms with Gasteiger partial charge in [0.2, 0.25) is 10.0 Å². The number of rotatable bonds is 7. The maximum Gasteiger partial charge on any atom is 0.318 e. The van der Waals surface area contributed by atoms with E-state index in [0.717, 1.165) is 22.5 Å². The SMILES string of the molecule is CCCN(CC(=O)O)S(=O)(=O)c1ccc([N+](=O)[O-])cc1C. The van der Waals surface area contributed by atoms with E-state index < -0.39 is 27.5 Å². The summed E-state index contributed by atoms with van der Waals surface area (Å²) in [5.41, 5.74) is -0.0117. The molecule has 8 nitrogen and oxygen atoms in total. The van der Waals surface area contributed by atoms with Crippen molar-refractivity contribution in [2.24, 2.45) is 0 Å². The molecule has 0 saturated heterocycles. The number of nitro benzene ring substituents is 1. The Morgan fingerprint density at radius 1 is 1.43 bits per heavy atom. The lowest BCUT2D eigenvalue weighted by atomic mass is 10.2. The number of benzene rings is 1. The minimum atomic E-state index is -4.00. The fourth-order valence-electron chi connectivity index (χ4n) is 1.86. The molecule has 0 fully saturated rings. The number of nitro groups is 1. The van der Waals surface area contributed by atoms with Gasteiger partial charge in [0, 0.05) is 18.7 Å². The highest BCUT2D eigenvalue weighted by Gasteiger charge is 2.28. The minimum Gasteiger partial charge on any atom is -0.480 e. The first kappa shape index (κ1) is 17.1. The first-order chi connectivity index (χ1) is 9.70. The normalized spacial score (nSPS) is 11.6. The molecule has 0 saturated carbocycles. The molecular weight excluding hydrogens is 300 g/mol. The highest BCUT2D eigenvalue weighted by molar-refractivity contribution is 7.89. The van der Waals surface area contributed by atoms with Crippen molar-refractivity contribution in [2.75, 3.05) is 13.1 Å². The molecule has 0 unspecified atom stereocenters. The summed E-state index contributed by atoms with van der Waals surface area (Å²) in [5, 5.41) is 19.5. The van der Waals surface area contributed by atoms with Crippen LogP contribution in [-0.2, 0) is 14.8 Å². The average molecular weight is 316 g/mol. The summed E-state index contributed by atoms with van der Waals surface area (Å²) in [4.78, 5) is 20.7. The predicted octanol–water partition coefficient (Wildman–Crippen LogP) is 1.39. The van der Waals surface area contributed by atoms with Gasteiger partial charge in [0.15, 0.2) is 0 Å². The zero-order valence-corrected chi connectivity index (χ0v) is 12.5. The third kappa shape index (κ3) is 3.99. The first-order valence-electron chi connectivity index (χ1n) is 6.17. The summed E-state index contributed by atoms with van der Waals surface area (Å²) in [6.45, 7) is 2.58. The number of carbonyl (C=O) groups is 1. The number of carboxylic acids is 1. The van der Waals surface area contributed by atoms with E-state index in [1.165, 1.54) is 6.92 Å². The summed E-state index contributed by atoms with van der Waals surface area (Å²) < 4.78 is 25.8. The minimum absolute atomic E-state index is 0.0606. The second-order valence-corrected chi connectivity index (χ2v) is 6.35. The summed E-state index contributed by atoms with van der Waals surface area (Å²) in [7, 11) is -4.00. The molecule has 0 aromatic heterocycles. The van der Waals surface area contributed by atoms with Crippen LogP contribution in [0, 0.1) is 17.0 Å². The number of carboxylic acid groups (broad SMARTS) is 1. The Kier molecular flexibility index (Phi) is 5.39. The van der Waals surface area contributed by atoms with Gasteiger partial charge in [-0.25, -0.2) is 8.42 Å². The van der Waals surface area contributed by atoms with Gasteiger partial charge < -0.3 is 5.11 Å². The Morgan fingerprint density at radius 3 is 2.48 bits per heavy atom. The maximum absolute atomic E-state index is 12.5. The summed E-state index contributed by atoms with van der Waals surface area (Å²) in [5.74, 6) is -1.26. The molecule has 0 aliphatic rings. The van der Waals surface area contributed by atoms with E-state index in [0.29, 0.717) is 6.42 Å². The summed E-state index contributed by atoms with van der Waals surface area (Å²) in [6, 6.07) is 3.37. The van der Waals surface area contributed by atoms with Crippen molar-refractivity contribution in [3.8, 4) is 0 Å². The van der Waals surface area contributed by atoms with Crippen LogP contribution in [0.1, 0.15) is 18.9 Å². The van der Waals surface area contributed by atoms with Crippen LogP contribution in [0.2, 0.25) is 0 Å². The molecule has 0 aliphatic carbocycles. The third-order valence-corrected chi connectivity index (χ3v) is 4.78. The van der Waals surface area contributed by atoms with Crippen LogP contribution in [0.4, 0.5) is 5.69 Å². The van der Waals surface area contributed by atoms with Gasteiger partial charge in [-0.3, -0.25) is 14.9 Å². The monoisotopic (exact) mass is 316 g/mol. The van der Waals surface area contributed by atoms with Crippen molar-refractivity contribution in [3.05, 3.63) is 33.9 Å². The van der Waals surface area contributed by atoms with Crippen LogP contribution in [0.15, 0.2) is 23.1 Å². The van der Waals surface area contributed by atoms with Gasteiger partial charge in [-0.1, -0.05) is 6.92 Å². The highest BCUT2D eigenvalue weighted by atomic mass is 32.2. The second-order valence-electron chi connectivity index (χ2n) is 4.44. The van der Waals surface area contributed by atoms with E-state index in [-0.39, 0.29) is 22.7 Å². The topological polar surface area (TPSA) is 118 Å². The molecule has 21 heavy (non-hydrogen) atoms. The van der Waals surface area contributed by atoms with Crippen LogP contribution < -0.4 is 0 Å². The molecule has 0 aliphatic heterocycles. The van der Waals surface area contributed by atoms with Crippen molar-refractivity contribution >= 4 is 21.7 Å². The molecule has 0 bridgehead atoms. The van der Waals surface area contributed by atoms with Gasteiger partial charge >= 0.3 is 5.97 Å². The molecule has 0 spiro atoms. The predicted molar refractivity (Wildman–Crippen MR) is 74.5 cm³/mol. The molecule has 0 radical (unpaired) electrons. The van der Waals surface area contributed by atoms with Crippen LogP contribution in [0.3, 0.4) is 0 Å². The Bertz CT molecular complexity index is 656. The van der Waals surface area contributed by atoms with Crippen LogP contribution in [0.25, 0.3) is 0 Å². The first-order valence-corrected chi connectivity index (χ1v) is 7.61. The Hall–Kier alpha value is -2.00. The number of hydrogen-bond donors (Lipinski definition) is 1. The van der Waals surface area contributed by atoms with Gasteiger partial charge in [0.25, 0.3) is 5.69 Å². The van der Waals surface area contributed by atoms with Gasteiger partial charge in [0.1, 0.15) is 6.54 Å². The molecule has 1 aromatic carbocycles. The van der Waals surface area contributed by atoms with E-state index in [1.807, 2.05) is 0 Å². The van der Waals surface area contributed by atoms with Crippen molar-refractivity contribution in [1.29, 1.82) is 0 Å². The fourth-order valence-corrected chi connectivity index (χ4v) is 3.55. The van der Waals surface area contributed by atoms with Crippen LogP contribution in [0.5, 0.6) is 0 Å². The smallest absolute Gasteiger partial charge is 0.318 e. The van der Waals surface area contributed by atoms with E-state index in [1.54, 1.807) is 6.92 Å². The average Bonchev–Trinajstić information content (AvgIpc) is 2.37. The zero-order chi connectivity index (χ0) is 16.2. The van der Waals surface area contributed by atoms with Crippen LogP contribution in [-0.4, -0.2) is 41.8 Å². The molecule has 0 atom stereocenters. The number of hydrogen-bond acceptors (Lipinski definition) is 5. The zero-order valence-electron chi connectivity index (χ0n) is 11.6. The lowest BCUT2D eigenvalue weighted by molar-refractivity contribution is -0.385. The molecule has 1 N–H and O–H groups in total. The number of nitrogens with zero attached hydrogens (tertiary/aromatic N) is 2. The van der Waals surface area contributed by atoms with Crippen molar-refractivity contribution in [3.63, 3.8) is 0 Å². The van der Waals surface area contributed by atoms with E-state index >= 15 is 0 Å². The number of aliphatic carboxylic acids is 1. The van der Waals surface area contributed by atoms with E-state index in [9.17, 15) is 23.3 Å². The Morgan fingerprint density at radius 2 is 2.05 bits per heavy atom. The van der Waals surface area contributed by atoms with Crippen molar-refractivity contribution in [1.82, 2.24) is 4.31 Å². The number of sulfonamides is 1.